The number of nitrogens with two attached hydrogens (primary N) is 1. The molecule has 10 heteroatoms. The molecule has 1 atom stereocenters. The number of carboxylic acids is 1. The summed E-state index contributed by atoms with van der Waals surface area (Å²) in [7, 11) is 0. The Kier molecular flexibility index (Phi) is 7.52. The second-order valence-electron chi connectivity index (χ2n) is 9.22. The summed E-state index contributed by atoms with van der Waals surface area (Å²) in [6.45, 7) is 5.62. The summed E-state index contributed by atoms with van der Waals surface area (Å²) in [4.78, 5) is 48.1. The Bertz CT molecular complexity index is 1600. The van der Waals surface area contributed by atoms with E-state index < -0.39 is 29.6 Å². The van der Waals surface area contributed by atoms with Gasteiger partial charge in [-0.3, -0.25) is 4.79 Å². The lowest BCUT2D eigenvalue weighted by Crippen LogP contribution is -2.42. The van der Waals surface area contributed by atoms with Crippen LogP contribution in [0.25, 0.3) is 33.1 Å². The van der Waals surface area contributed by atoms with E-state index in [0.29, 0.717) is 34.1 Å². The van der Waals surface area contributed by atoms with Gasteiger partial charge in [-0.25, -0.2) is 14.4 Å². The van der Waals surface area contributed by atoms with Crippen LogP contribution in [0.15, 0.2) is 50.0 Å². The Morgan fingerprint density at radius 3 is 2.34 bits per heavy atom. The number of nitrogens with one attached hydrogen (secondary N) is 2. The summed E-state index contributed by atoms with van der Waals surface area (Å²) in [5.74, 6) is -1.12. The molecule has 4 aromatic rings. The normalized spacial score (nSPS) is 12.0. The Balaban J connectivity index is 1.67. The fourth-order valence-electron chi connectivity index (χ4n) is 4.72. The summed E-state index contributed by atoms with van der Waals surface area (Å²) in [6, 6.07) is 9.82. The number of fused-ring (bicyclic) bond motifs is 2. The first-order chi connectivity index (χ1) is 18.1. The Hall–Kier alpha value is -4.60. The van der Waals surface area contributed by atoms with Gasteiger partial charge in [0, 0.05) is 28.4 Å². The van der Waals surface area contributed by atoms with Gasteiger partial charge in [-0.1, -0.05) is 30.3 Å². The molecule has 198 valence electrons. The highest BCUT2D eigenvalue weighted by molar-refractivity contribution is 6.06. The lowest BCUT2D eigenvalue weighted by atomic mass is 9.96. The number of amides is 3. The predicted octanol–water partition coefficient (Wildman–Crippen LogP) is 3.69. The van der Waals surface area contributed by atoms with Crippen LogP contribution >= 0.6 is 0 Å². The van der Waals surface area contributed by atoms with Crippen molar-refractivity contribution in [2.24, 2.45) is 5.73 Å². The summed E-state index contributed by atoms with van der Waals surface area (Å²) in [6.07, 6.45) is 0.0207. The molecule has 0 fully saturated rings. The largest absolute Gasteiger partial charge is 0.480 e. The zero-order valence-electron chi connectivity index (χ0n) is 21.3. The molecular formula is C28H29N3O7. The van der Waals surface area contributed by atoms with E-state index in [0.717, 1.165) is 22.3 Å². The summed E-state index contributed by atoms with van der Waals surface area (Å²) in [5.41, 5.74) is 8.66. The van der Waals surface area contributed by atoms with Crippen molar-refractivity contribution in [3.8, 4) is 11.1 Å². The average Bonchev–Trinajstić information content (AvgIpc) is 3.21. The van der Waals surface area contributed by atoms with Gasteiger partial charge in [0.05, 0.1) is 12.0 Å². The highest BCUT2D eigenvalue weighted by Crippen LogP contribution is 2.39. The number of aliphatic carboxylic acids is 1. The van der Waals surface area contributed by atoms with Gasteiger partial charge in [0.1, 0.15) is 23.0 Å². The quantitative estimate of drug-likeness (QED) is 0.193. The van der Waals surface area contributed by atoms with Crippen molar-refractivity contribution >= 4 is 39.8 Å². The number of carbonyl (C=O) groups excluding carboxylic acids is 2. The van der Waals surface area contributed by atoms with Crippen LogP contribution < -0.4 is 22.0 Å². The van der Waals surface area contributed by atoms with Crippen LogP contribution in [-0.2, 0) is 16.0 Å². The Labute approximate surface area is 217 Å². The van der Waals surface area contributed by atoms with Crippen LogP contribution in [0.4, 0.5) is 4.79 Å². The number of urea groups is 1. The van der Waals surface area contributed by atoms with Gasteiger partial charge >= 0.3 is 17.6 Å². The van der Waals surface area contributed by atoms with Crippen LogP contribution in [0, 0.1) is 20.8 Å². The van der Waals surface area contributed by atoms with Gasteiger partial charge in [0.25, 0.3) is 0 Å². The van der Waals surface area contributed by atoms with Crippen LogP contribution in [-0.4, -0.2) is 35.6 Å². The van der Waals surface area contributed by atoms with Gasteiger partial charge in [0.15, 0.2) is 0 Å². The minimum absolute atomic E-state index is 0.0753. The van der Waals surface area contributed by atoms with E-state index in [9.17, 15) is 24.3 Å². The molecule has 1 unspecified atom stereocenters. The molecule has 0 aliphatic heterocycles. The molecule has 0 saturated heterocycles. The number of benzene rings is 2. The summed E-state index contributed by atoms with van der Waals surface area (Å²) < 4.78 is 11.7. The van der Waals surface area contributed by atoms with Crippen LogP contribution in [0.5, 0.6) is 0 Å². The Morgan fingerprint density at radius 1 is 1.00 bits per heavy atom. The lowest BCUT2D eigenvalue weighted by Gasteiger charge is -2.15. The van der Waals surface area contributed by atoms with Gasteiger partial charge in [0.2, 0.25) is 5.91 Å². The van der Waals surface area contributed by atoms with E-state index >= 15 is 0 Å². The molecule has 2 heterocycles. The van der Waals surface area contributed by atoms with Crippen LogP contribution in [0.3, 0.4) is 0 Å². The molecule has 38 heavy (non-hydrogen) atoms. The fourth-order valence-corrected chi connectivity index (χ4v) is 4.72. The molecule has 0 spiro atoms. The molecule has 0 aliphatic carbocycles. The number of primary amides is 1. The third-order valence-corrected chi connectivity index (χ3v) is 6.64. The molecule has 2 aromatic heterocycles. The van der Waals surface area contributed by atoms with E-state index in [2.05, 4.69) is 10.6 Å². The molecule has 4 rings (SSSR count). The number of rotatable bonds is 9. The van der Waals surface area contributed by atoms with Crippen molar-refractivity contribution in [2.75, 3.05) is 6.54 Å². The molecule has 5 N–H and O–H groups in total. The van der Waals surface area contributed by atoms with Crippen molar-refractivity contribution in [1.82, 2.24) is 10.6 Å². The van der Waals surface area contributed by atoms with Gasteiger partial charge < -0.3 is 30.3 Å². The van der Waals surface area contributed by atoms with Crippen LogP contribution in [0.2, 0.25) is 0 Å². The predicted molar refractivity (Wildman–Crippen MR) is 142 cm³/mol. The smallest absolute Gasteiger partial charge is 0.340 e. The van der Waals surface area contributed by atoms with Gasteiger partial charge in [-0.15, -0.1) is 0 Å². The third kappa shape index (κ3) is 5.24. The standard InChI is InChI=1S/C28H29N3O7/c1-14-18-12-20-23(17-8-5-4-6-9-17)16(3)37-25(20)15(2)24(18)38-27(35)19(14)13-22(32)31-21(26(33)34)10-7-11-30-28(29)36/h4-6,8-9,12,21H,7,10-11,13H2,1-3H3,(H,31,32)(H,33,34)(H3,29,30,36). The van der Waals surface area contributed by atoms with E-state index in [1.54, 1.807) is 6.92 Å². The SMILES string of the molecule is Cc1oc2c(C)c3oc(=O)c(CC(=O)NC(CCCNC(N)=O)C(=O)O)c(C)c3cc2c1-c1ccccc1. The van der Waals surface area contributed by atoms with E-state index in [1.807, 2.05) is 50.2 Å². The van der Waals surface area contributed by atoms with E-state index in [1.165, 1.54) is 0 Å². The maximum Gasteiger partial charge on any atom is 0.340 e. The zero-order valence-corrected chi connectivity index (χ0v) is 21.3. The summed E-state index contributed by atoms with van der Waals surface area (Å²) in [5, 5.41) is 15.8. The maximum atomic E-state index is 12.9. The first-order valence-electron chi connectivity index (χ1n) is 12.2. The van der Waals surface area contributed by atoms with Gasteiger partial charge in [-0.05, 0) is 50.8 Å². The second-order valence-corrected chi connectivity index (χ2v) is 9.22. The highest BCUT2D eigenvalue weighted by Gasteiger charge is 2.24. The number of furan rings is 1. The first-order valence-corrected chi connectivity index (χ1v) is 12.2. The van der Waals surface area contributed by atoms with Crippen LogP contribution in [0.1, 0.15) is 35.3 Å². The number of hydrogen-bond acceptors (Lipinski definition) is 6. The lowest BCUT2D eigenvalue weighted by molar-refractivity contribution is -0.141. The fraction of sp³-hybridized carbons (Fsp3) is 0.286. The van der Waals surface area contributed by atoms with Crippen molar-refractivity contribution in [3.05, 3.63) is 69.3 Å². The number of hydrogen-bond donors (Lipinski definition) is 4. The molecule has 0 bridgehead atoms. The molecule has 0 aliphatic rings. The first kappa shape index (κ1) is 26.5. The maximum absolute atomic E-state index is 12.9. The van der Waals surface area contributed by atoms with E-state index in [4.69, 9.17) is 14.6 Å². The molecule has 3 amide bonds. The molecule has 2 aromatic carbocycles. The van der Waals surface area contributed by atoms with Crippen molar-refractivity contribution in [3.63, 3.8) is 0 Å². The highest BCUT2D eigenvalue weighted by atomic mass is 16.4. The number of carbonyl (C=O) groups is 3. The number of carboxylic acid groups (broad SMARTS) is 1. The second kappa shape index (κ2) is 10.8. The minimum atomic E-state index is -1.22. The summed E-state index contributed by atoms with van der Waals surface area (Å²) >= 11 is 0. The minimum Gasteiger partial charge on any atom is -0.480 e. The molecule has 0 radical (unpaired) electrons. The Morgan fingerprint density at radius 2 is 1.68 bits per heavy atom. The monoisotopic (exact) mass is 519 g/mol. The van der Waals surface area contributed by atoms with Crippen molar-refractivity contribution in [1.29, 1.82) is 0 Å². The molecule has 10 nitrogen and oxygen atoms in total. The van der Waals surface area contributed by atoms with Gasteiger partial charge in [-0.2, -0.15) is 0 Å². The third-order valence-electron chi connectivity index (χ3n) is 6.64. The average molecular weight is 520 g/mol. The van der Waals surface area contributed by atoms with Crippen molar-refractivity contribution in [2.45, 2.75) is 46.1 Å². The zero-order chi connectivity index (χ0) is 27.6. The topological polar surface area (TPSA) is 165 Å². The molecule has 0 saturated carbocycles. The number of aryl methyl sites for hydroxylation is 3. The van der Waals surface area contributed by atoms with Crippen molar-refractivity contribution < 1.29 is 28.3 Å². The van der Waals surface area contributed by atoms with E-state index in [-0.39, 0.29) is 24.9 Å². The molecular weight excluding hydrogens is 490 g/mol.